The zero-order valence-electron chi connectivity index (χ0n) is 17.9. The number of aryl methyl sites for hydroxylation is 3. The lowest BCUT2D eigenvalue weighted by Crippen LogP contribution is -2.21. The molecular weight excluding hydrogens is 492 g/mol. The molecule has 170 valence electrons. The van der Waals surface area contributed by atoms with Crippen LogP contribution in [0.5, 0.6) is 0 Å². The molecule has 5 aromatic rings. The molecule has 0 unspecified atom stereocenters. The number of fused-ring (bicyclic) bond motifs is 2. The summed E-state index contributed by atoms with van der Waals surface area (Å²) < 4.78 is 9.36. The first-order valence-electron chi connectivity index (χ1n) is 10.7. The third-order valence-electron chi connectivity index (χ3n) is 5.32. The molecular formula is C20H21BrN10O2. The molecule has 0 aliphatic rings. The van der Waals surface area contributed by atoms with Crippen molar-refractivity contribution in [3.05, 3.63) is 56.9 Å². The van der Waals surface area contributed by atoms with Crippen LogP contribution in [0.15, 0.2) is 32.8 Å². The van der Waals surface area contributed by atoms with E-state index in [-0.39, 0.29) is 5.56 Å². The van der Waals surface area contributed by atoms with Crippen molar-refractivity contribution in [2.75, 3.05) is 0 Å². The van der Waals surface area contributed by atoms with Gasteiger partial charge in [-0.05, 0) is 27.9 Å². The Labute approximate surface area is 195 Å². The molecule has 0 bridgehead atoms. The van der Waals surface area contributed by atoms with Crippen LogP contribution in [0.4, 0.5) is 0 Å². The van der Waals surface area contributed by atoms with Gasteiger partial charge in [-0.3, -0.25) is 9.36 Å². The maximum Gasteiger partial charge on any atom is 0.286 e. The Balaban J connectivity index is 1.42. The fourth-order valence-electron chi connectivity index (χ4n) is 3.75. The highest BCUT2D eigenvalue weighted by atomic mass is 79.9. The van der Waals surface area contributed by atoms with Crippen molar-refractivity contribution in [3.8, 4) is 0 Å². The molecule has 0 amide bonds. The number of nitrogens with one attached hydrogen (secondary N) is 1. The maximum atomic E-state index is 13.2. The van der Waals surface area contributed by atoms with Crippen molar-refractivity contribution >= 4 is 32.9 Å². The van der Waals surface area contributed by atoms with Gasteiger partial charge in [-0.1, -0.05) is 24.9 Å². The summed E-state index contributed by atoms with van der Waals surface area (Å²) in [5.74, 6) is 2.02. The standard InChI is InChI=1S/C20H21BrN10O2/c1-2-3-4-7-30-17-16(25-19(21)26-17)18(32)31-14(27-28-20(30)31)5-6-15-24-13(29-33-15)8-12-9-22-11-23-10-12/h9-11H,2-8H2,1H3,(H,25,26). The van der Waals surface area contributed by atoms with E-state index in [0.29, 0.717) is 65.0 Å². The number of H-pyrrole nitrogens is 1. The van der Waals surface area contributed by atoms with E-state index >= 15 is 0 Å². The number of halogens is 1. The summed E-state index contributed by atoms with van der Waals surface area (Å²) in [4.78, 5) is 33.1. The molecule has 0 saturated carbocycles. The van der Waals surface area contributed by atoms with Gasteiger partial charge in [0.25, 0.3) is 5.56 Å². The summed E-state index contributed by atoms with van der Waals surface area (Å²) in [6.45, 7) is 2.84. The lowest BCUT2D eigenvalue weighted by molar-refractivity contribution is 0.373. The predicted molar refractivity (Wildman–Crippen MR) is 121 cm³/mol. The average Bonchev–Trinajstić information content (AvgIpc) is 3.54. The zero-order chi connectivity index (χ0) is 22.8. The topological polar surface area (TPSA) is 146 Å². The highest BCUT2D eigenvalue weighted by Crippen LogP contribution is 2.17. The van der Waals surface area contributed by atoms with E-state index in [1.807, 2.05) is 4.57 Å². The van der Waals surface area contributed by atoms with Gasteiger partial charge < -0.3 is 9.51 Å². The van der Waals surface area contributed by atoms with Crippen molar-refractivity contribution in [1.82, 2.24) is 49.2 Å². The first-order chi connectivity index (χ1) is 16.1. The van der Waals surface area contributed by atoms with Crippen molar-refractivity contribution in [2.45, 2.75) is 52.0 Å². The molecule has 12 nitrogen and oxygen atoms in total. The van der Waals surface area contributed by atoms with Gasteiger partial charge in [0.15, 0.2) is 21.7 Å². The second-order valence-corrected chi connectivity index (χ2v) is 8.42. The molecule has 5 rings (SSSR count). The summed E-state index contributed by atoms with van der Waals surface area (Å²) in [6.07, 6.45) is 9.34. The molecule has 0 spiro atoms. The number of hydrogen-bond acceptors (Lipinski definition) is 9. The van der Waals surface area contributed by atoms with E-state index in [4.69, 9.17) is 4.52 Å². The first-order valence-corrected chi connectivity index (χ1v) is 11.5. The van der Waals surface area contributed by atoms with Gasteiger partial charge >= 0.3 is 0 Å². The van der Waals surface area contributed by atoms with Crippen molar-refractivity contribution in [1.29, 1.82) is 0 Å². The van der Waals surface area contributed by atoms with Crippen LogP contribution < -0.4 is 5.56 Å². The summed E-state index contributed by atoms with van der Waals surface area (Å²) in [5.41, 5.74) is 1.64. The molecule has 5 aromatic heterocycles. The van der Waals surface area contributed by atoms with E-state index in [1.165, 1.54) is 10.7 Å². The molecule has 5 heterocycles. The Kier molecular flexibility index (Phi) is 5.94. The minimum absolute atomic E-state index is 0.236. The number of aromatic amines is 1. The predicted octanol–water partition coefficient (Wildman–Crippen LogP) is 2.27. The average molecular weight is 513 g/mol. The van der Waals surface area contributed by atoms with E-state index < -0.39 is 0 Å². The molecule has 13 heteroatoms. The molecule has 0 aliphatic carbocycles. The lowest BCUT2D eigenvalue weighted by atomic mass is 10.2. The highest BCUT2D eigenvalue weighted by Gasteiger charge is 2.20. The third-order valence-corrected chi connectivity index (χ3v) is 5.69. The van der Waals surface area contributed by atoms with Crippen LogP contribution in [-0.4, -0.2) is 49.2 Å². The summed E-state index contributed by atoms with van der Waals surface area (Å²) >= 11 is 3.34. The van der Waals surface area contributed by atoms with Crippen LogP contribution in [0.2, 0.25) is 0 Å². The number of aromatic nitrogens is 10. The van der Waals surface area contributed by atoms with E-state index in [9.17, 15) is 4.79 Å². The van der Waals surface area contributed by atoms with Gasteiger partial charge in [-0.25, -0.2) is 19.4 Å². The minimum atomic E-state index is -0.236. The Bertz CT molecular complexity index is 1450. The number of imidazole rings is 1. The lowest BCUT2D eigenvalue weighted by Gasteiger charge is -2.09. The number of hydrogen-bond donors (Lipinski definition) is 1. The third kappa shape index (κ3) is 4.27. The second-order valence-electron chi connectivity index (χ2n) is 7.67. The summed E-state index contributed by atoms with van der Waals surface area (Å²) in [7, 11) is 0. The van der Waals surface area contributed by atoms with Gasteiger partial charge in [-0.15, -0.1) is 10.2 Å². The molecule has 0 radical (unpaired) electrons. The van der Waals surface area contributed by atoms with E-state index in [2.05, 4.69) is 63.1 Å². The summed E-state index contributed by atoms with van der Waals surface area (Å²) in [5, 5.41) is 12.6. The number of unbranched alkanes of at least 4 members (excludes halogenated alkanes) is 2. The quantitative estimate of drug-likeness (QED) is 0.232. The van der Waals surface area contributed by atoms with E-state index in [0.717, 1.165) is 24.8 Å². The molecule has 33 heavy (non-hydrogen) atoms. The fraction of sp³-hybridized carbons (Fsp3) is 0.400. The van der Waals surface area contributed by atoms with Crippen LogP contribution in [0.1, 0.15) is 49.3 Å². The van der Waals surface area contributed by atoms with Crippen LogP contribution in [0.3, 0.4) is 0 Å². The summed E-state index contributed by atoms with van der Waals surface area (Å²) in [6, 6.07) is 0. The van der Waals surface area contributed by atoms with Gasteiger partial charge in [0.1, 0.15) is 12.2 Å². The molecule has 0 aliphatic heterocycles. The molecule has 0 aromatic carbocycles. The SMILES string of the molecule is CCCCCn1c2nc(Br)[nH]c2c(=O)n2c(CCc3nc(Cc4cncnc4)no3)nnc12. The van der Waals surface area contributed by atoms with Crippen molar-refractivity contribution < 1.29 is 4.52 Å². The Morgan fingerprint density at radius 3 is 2.79 bits per heavy atom. The van der Waals surface area contributed by atoms with Gasteiger partial charge in [0.05, 0.1) is 0 Å². The van der Waals surface area contributed by atoms with Crippen molar-refractivity contribution in [3.63, 3.8) is 0 Å². The van der Waals surface area contributed by atoms with Crippen LogP contribution in [0.25, 0.3) is 16.9 Å². The van der Waals surface area contributed by atoms with Gasteiger partial charge in [0, 0.05) is 38.2 Å². The zero-order valence-corrected chi connectivity index (χ0v) is 19.5. The Hall–Kier alpha value is -3.48. The van der Waals surface area contributed by atoms with Gasteiger partial charge in [-0.2, -0.15) is 4.98 Å². The Morgan fingerprint density at radius 1 is 1.12 bits per heavy atom. The molecule has 0 atom stereocenters. The fourth-order valence-corrected chi connectivity index (χ4v) is 4.12. The monoisotopic (exact) mass is 512 g/mol. The largest absolute Gasteiger partial charge is 0.339 e. The smallest absolute Gasteiger partial charge is 0.286 e. The number of nitrogens with zero attached hydrogens (tertiary/aromatic N) is 9. The van der Waals surface area contributed by atoms with Gasteiger partial charge in [0.2, 0.25) is 11.7 Å². The Morgan fingerprint density at radius 2 is 1.97 bits per heavy atom. The molecule has 1 N–H and O–H groups in total. The van der Waals surface area contributed by atoms with Crippen LogP contribution in [0, 0.1) is 0 Å². The first kappa shape index (κ1) is 21.4. The minimum Gasteiger partial charge on any atom is -0.339 e. The van der Waals surface area contributed by atoms with Crippen molar-refractivity contribution in [2.24, 2.45) is 0 Å². The maximum absolute atomic E-state index is 13.2. The number of rotatable bonds is 9. The highest BCUT2D eigenvalue weighted by molar-refractivity contribution is 9.10. The van der Waals surface area contributed by atoms with Crippen LogP contribution in [-0.2, 0) is 25.8 Å². The second kappa shape index (κ2) is 9.17. The normalized spacial score (nSPS) is 11.7. The molecule has 0 fully saturated rings. The van der Waals surface area contributed by atoms with E-state index in [1.54, 1.807) is 12.4 Å². The van der Waals surface area contributed by atoms with Crippen LogP contribution >= 0.6 is 15.9 Å². The molecule has 0 saturated heterocycles.